The van der Waals surface area contributed by atoms with E-state index in [1.807, 2.05) is 60.7 Å². The number of carboxylic acid groups (broad SMARTS) is 1. The average Bonchev–Trinajstić information content (AvgIpc) is 3.23. The van der Waals surface area contributed by atoms with Gasteiger partial charge >= 0.3 is 12.1 Å². The molecular weight excluding hydrogens is 392 g/mol. The molecule has 0 unspecified atom stereocenters. The number of carboxylic acids is 1. The third kappa shape index (κ3) is 5.74. The maximum Gasteiger partial charge on any atom is 0.408 e. The summed E-state index contributed by atoms with van der Waals surface area (Å²) in [4.78, 5) is 38.9. The van der Waals surface area contributed by atoms with E-state index in [9.17, 15) is 19.5 Å². The molecule has 3 rings (SSSR count). The van der Waals surface area contributed by atoms with E-state index in [2.05, 4.69) is 5.32 Å². The summed E-state index contributed by atoms with van der Waals surface area (Å²) in [5.41, 5.74) is 0.826. The van der Waals surface area contributed by atoms with Crippen LogP contribution in [0.4, 0.5) is 4.79 Å². The fraction of sp³-hybridized carbons (Fsp3) is 0.286. The van der Waals surface area contributed by atoms with Gasteiger partial charge in [-0.2, -0.15) is 0 Å². The Hall–Kier alpha value is -3.00. The smallest absolute Gasteiger partial charge is 0.408 e. The average molecular weight is 414 g/mol. The van der Waals surface area contributed by atoms with E-state index >= 15 is 0 Å². The number of hydrogen-bond donors (Lipinski definition) is 2. The van der Waals surface area contributed by atoms with Crippen molar-refractivity contribution in [2.75, 3.05) is 6.54 Å². The number of nitrogens with zero attached hydrogens (tertiary/aromatic N) is 1. The Morgan fingerprint density at radius 1 is 1.10 bits per heavy atom. The Balaban J connectivity index is 1.69. The summed E-state index contributed by atoms with van der Waals surface area (Å²) in [5, 5.41) is 11.0. The van der Waals surface area contributed by atoms with E-state index in [4.69, 9.17) is 4.74 Å². The number of carbonyl (C=O) groups is 3. The predicted molar refractivity (Wildman–Crippen MR) is 108 cm³/mol. The minimum absolute atomic E-state index is 0.0745. The van der Waals surface area contributed by atoms with Crippen LogP contribution in [0.2, 0.25) is 0 Å². The Morgan fingerprint density at radius 2 is 1.76 bits per heavy atom. The van der Waals surface area contributed by atoms with Crippen molar-refractivity contribution in [3.05, 3.63) is 66.2 Å². The molecule has 8 heteroatoms. The molecule has 0 radical (unpaired) electrons. The van der Waals surface area contributed by atoms with Crippen molar-refractivity contribution in [1.82, 2.24) is 10.2 Å². The van der Waals surface area contributed by atoms with E-state index in [1.165, 1.54) is 4.90 Å². The SMILES string of the molecule is O=C(N[C@H](Sc1ccccc1)C(=O)N1CCC[C@H]1C(=O)O)OCc1ccccc1. The summed E-state index contributed by atoms with van der Waals surface area (Å²) in [7, 11) is 0. The van der Waals surface area contributed by atoms with Crippen LogP contribution in [-0.2, 0) is 20.9 Å². The third-order valence-electron chi connectivity index (χ3n) is 4.50. The van der Waals surface area contributed by atoms with Crippen molar-refractivity contribution in [2.24, 2.45) is 0 Å². The number of carbonyl (C=O) groups excluding carboxylic acids is 2. The lowest BCUT2D eigenvalue weighted by Crippen LogP contribution is -2.50. The number of hydrogen-bond acceptors (Lipinski definition) is 5. The first-order chi connectivity index (χ1) is 14.0. The monoisotopic (exact) mass is 414 g/mol. The van der Waals surface area contributed by atoms with Gasteiger partial charge in [-0.25, -0.2) is 9.59 Å². The first-order valence-corrected chi connectivity index (χ1v) is 10.1. The number of ether oxygens (including phenoxy) is 1. The molecule has 0 aliphatic carbocycles. The van der Waals surface area contributed by atoms with Crippen molar-refractivity contribution < 1.29 is 24.2 Å². The number of amides is 2. The van der Waals surface area contributed by atoms with Gasteiger partial charge in [0.2, 0.25) is 0 Å². The van der Waals surface area contributed by atoms with Crippen molar-refractivity contribution in [3.63, 3.8) is 0 Å². The molecule has 2 aromatic rings. The van der Waals surface area contributed by atoms with E-state index in [-0.39, 0.29) is 6.61 Å². The molecule has 1 aliphatic heterocycles. The highest BCUT2D eigenvalue weighted by atomic mass is 32.2. The number of likely N-dealkylation sites (tertiary alicyclic amines) is 1. The Morgan fingerprint density at radius 3 is 2.41 bits per heavy atom. The van der Waals surface area contributed by atoms with Crippen LogP contribution in [0, 0.1) is 0 Å². The second-order valence-electron chi connectivity index (χ2n) is 6.54. The van der Waals surface area contributed by atoms with Crippen molar-refractivity contribution >= 4 is 29.7 Å². The first-order valence-electron chi connectivity index (χ1n) is 9.27. The van der Waals surface area contributed by atoms with Gasteiger partial charge in [-0.1, -0.05) is 60.3 Å². The Labute approximate surface area is 173 Å². The van der Waals surface area contributed by atoms with E-state index in [0.717, 1.165) is 22.2 Å². The lowest BCUT2D eigenvalue weighted by Gasteiger charge is -2.26. The number of alkyl carbamates (subject to hydrolysis) is 1. The van der Waals surface area contributed by atoms with E-state index < -0.39 is 29.4 Å². The summed E-state index contributed by atoms with van der Waals surface area (Å²) in [6.45, 7) is 0.424. The molecule has 1 saturated heterocycles. The number of benzene rings is 2. The topological polar surface area (TPSA) is 95.9 Å². The van der Waals surface area contributed by atoms with Gasteiger partial charge in [0.05, 0.1) is 0 Å². The van der Waals surface area contributed by atoms with Gasteiger partial charge in [-0.05, 0) is 30.5 Å². The summed E-state index contributed by atoms with van der Waals surface area (Å²) in [6.07, 6.45) is 0.285. The largest absolute Gasteiger partial charge is 0.480 e. The zero-order chi connectivity index (χ0) is 20.6. The second kappa shape index (κ2) is 9.97. The third-order valence-corrected chi connectivity index (χ3v) is 5.60. The molecule has 0 spiro atoms. The molecule has 1 heterocycles. The summed E-state index contributed by atoms with van der Waals surface area (Å²) >= 11 is 1.15. The van der Waals surface area contributed by atoms with Crippen LogP contribution in [0.15, 0.2) is 65.6 Å². The molecule has 1 aliphatic rings. The Bertz CT molecular complexity index is 847. The summed E-state index contributed by atoms with van der Waals surface area (Å²) in [6, 6.07) is 17.5. The molecule has 152 valence electrons. The fourth-order valence-corrected chi connectivity index (χ4v) is 4.06. The molecule has 2 aromatic carbocycles. The standard InChI is InChI=1S/C21H22N2O5S/c24-19(23-13-7-12-17(23)20(25)26)18(29-16-10-5-2-6-11-16)22-21(27)28-14-15-8-3-1-4-9-15/h1-6,8-11,17-18H,7,12-14H2,(H,22,27)(H,25,26)/t17-,18+/m0/s1. The quantitative estimate of drug-likeness (QED) is 0.534. The van der Waals surface area contributed by atoms with Gasteiger partial charge in [0.25, 0.3) is 5.91 Å². The normalized spacial score (nSPS) is 16.8. The van der Waals surface area contributed by atoms with Crippen LogP contribution >= 0.6 is 11.8 Å². The molecule has 2 N–H and O–H groups in total. The summed E-state index contributed by atoms with van der Waals surface area (Å²) < 4.78 is 5.23. The molecule has 0 saturated carbocycles. The van der Waals surface area contributed by atoms with Crippen molar-refractivity contribution in [3.8, 4) is 0 Å². The lowest BCUT2D eigenvalue weighted by molar-refractivity contribution is -0.148. The van der Waals surface area contributed by atoms with Crippen LogP contribution in [0.1, 0.15) is 18.4 Å². The zero-order valence-electron chi connectivity index (χ0n) is 15.7. The van der Waals surface area contributed by atoms with Crippen LogP contribution in [0.25, 0.3) is 0 Å². The van der Waals surface area contributed by atoms with Crippen molar-refractivity contribution in [2.45, 2.75) is 35.8 Å². The van der Waals surface area contributed by atoms with Gasteiger partial charge < -0.3 is 20.1 Å². The molecule has 0 bridgehead atoms. The molecule has 29 heavy (non-hydrogen) atoms. The van der Waals surface area contributed by atoms with Crippen LogP contribution in [0.5, 0.6) is 0 Å². The molecular formula is C21H22N2O5S. The fourth-order valence-electron chi connectivity index (χ4n) is 3.09. The predicted octanol–water partition coefficient (Wildman–Crippen LogP) is 3.11. The lowest BCUT2D eigenvalue weighted by atomic mass is 10.2. The van der Waals surface area contributed by atoms with Crippen molar-refractivity contribution in [1.29, 1.82) is 0 Å². The molecule has 0 aromatic heterocycles. The number of thioether (sulfide) groups is 1. The minimum atomic E-state index is -1.04. The van der Waals surface area contributed by atoms with Crippen LogP contribution < -0.4 is 5.32 Å². The van der Waals surface area contributed by atoms with Gasteiger partial charge in [-0.3, -0.25) is 4.79 Å². The Kier molecular flexibility index (Phi) is 7.13. The summed E-state index contributed by atoms with van der Waals surface area (Å²) in [5.74, 6) is -1.48. The van der Waals surface area contributed by atoms with Crippen LogP contribution in [0.3, 0.4) is 0 Å². The molecule has 2 atom stereocenters. The number of rotatable bonds is 7. The second-order valence-corrected chi connectivity index (χ2v) is 7.72. The highest BCUT2D eigenvalue weighted by molar-refractivity contribution is 8.00. The van der Waals surface area contributed by atoms with Gasteiger partial charge in [0, 0.05) is 11.4 Å². The van der Waals surface area contributed by atoms with Gasteiger partial charge in [-0.15, -0.1) is 0 Å². The molecule has 2 amide bonds. The molecule has 1 fully saturated rings. The highest BCUT2D eigenvalue weighted by Crippen LogP contribution is 2.26. The molecule has 7 nitrogen and oxygen atoms in total. The van der Waals surface area contributed by atoms with Crippen LogP contribution in [-0.4, -0.2) is 45.9 Å². The maximum absolute atomic E-state index is 13.0. The minimum Gasteiger partial charge on any atom is -0.480 e. The first kappa shape index (κ1) is 20.7. The zero-order valence-corrected chi connectivity index (χ0v) is 16.5. The van der Waals surface area contributed by atoms with E-state index in [0.29, 0.717) is 19.4 Å². The number of nitrogens with one attached hydrogen (secondary N) is 1. The highest BCUT2D eigenvalue weighted by Gasteiger charge is 2.38. The number of aliphatic carboxylic acids is 1. The maximum atomic E-state index is 13.0. The van der Waals surface area contributed by atoms with Gasteiger partial charge in [0.1, 0.15) is 12.6 Å². The van der Waals surface area contributed by atoms with E-state index in [1.54, 1.807) is 0 Å². The van der Waals surface area contributed by atoms with Gasteiger partial charge in [0.15, 0.2) is 5.37 Å².